The summed E-state index contributed by atoms with van der Waals surface area (Å²) in [5.74, 6) is 0.982. The minimum Gasteiger partial charge on any atom is -0.494 e. The van der Waals surface area contributed by atoms with E-state index < -0.39 is 0 Å². The number of nitrogens with zero attached hydrogens (tertiary/aromatic N) is 5. The maximum absolute atomic E-state index is 7.35. The molecule has 3 aromatic heterocycles. The maximum Gasteiger partial charge on any atom is 0.187 e. The quantitative estimate of drug-likeness (QED) is 0.448. The Kier molecular flexibility index (Phi) is 4.04. The second-order valence-electron chi connectivity index (χ2n) is 6.73. The molecule has 30 heavy (non-hydrogen) atoms. The van der Waals surface area contributed by atoms with Gasteiger partial charge in [0.25, 0.3) is 0 Å². The monoisotopic (exact) mass is 392 g/mol. The first kappa shape index (κ1) is 17.6. The summed E-state index contributed by atoms with van der Waals surface area (Å²) in [6, 6.07) is 15.2. The zero-order chi connectivity index (χ0) is 20.7. The lowest BCUT2D eigenvalue weighted by molar-refractivity contribution is 0.419. The van der Waals surface area contributed by atoms with Gasteiger partial charge in [-0.15, -0.1) is 0 Å². The predicted molar refractivity (Wildman–Crippen MR) is 116 cm³/mol. The van der Waals surface area contributed by atoms with Gasteiger partial charge in [0.2, 0.25) is 0 Å². The van der Waals surface area contributed by atoms with Crippen molar-refractivity contribution < 1.29 is 4.74 Å². The van der Waals surface area contributed by atoms with E-state index in [4.69, 9.17) is 17.0 Å². The fraction of sp³-hybridized carbons (Fsp3) is 0.0435. The van der Waals surface area contributed by atoms with Gasteiger partial charge in [-0.05, 0) is 29.8 Å². The Hall–Kier alpha value is -4.44. The van der Waals surface area contributed by atoms with E-state index in [2.05, 4.69) is 19.8 Å². The van der Waals surface area contributed by atoms with Crippen molar-refractivity contribution in [3.8, 4) is 28.3 Å². The highest BCUT2D eigenvalue weighted by Gasteiger charge is 2.19. The van der Waals surface area contributed by atoms with Crippen LogP contribution < -0.4 is 10.5 Å². The highest BCUT2D eigenvalue weighted by atomic mass is 16.5. The van der Waals surface area contributed by atoms with Crippen LogP contribution in [0.25, 0.3) is 43.9 Å². The molecule has 0 atom stereocenters. The maximum atomic E-state index is 7.35. The summed E-state index contributed by atoms with van der Waals surface area (Å²) >= 11 is 0. The Morgan fingerprint density at radius 2 is 1.93 bits per heavy atom. The van der Waals surface area contributed by atoms with Crippen LogP contribution >= 0.6 is 0 Å². The summed E-state index contributed by atoms with van der Waals surface area (Å²) in [5, 5.41) is 0.942. The van der Waals surface area contributed by atoms with Crippen LogP contribution in [0, 0.1) is 6.57 Å². The van der Waals surface area contributed by atoms with Gasteiger partial charge in [-0.3, -0.25) is 9.38 Å². The molecule has 7 heteroatoms. The summed E-state index contributed by atoms with van der Waals surface area (Å²) in [6.07, 6.45) is 5.28. The van der Waals surface area contributed by atoms with Crippen LogP contribution in [0.4, 0.5) is 11.5 Å². The van der Waals surface area contributed by atoms with Gasteiger partial charge >= 0.3 is 0 Å². The predicted octanol–water partition coefficient (Wildman–Crippen LogP) is 4.75. The second kappa shape index (κ2) is 6.87. The number of aromatic nitrogens is 4. The molecule has 0 unspecified atom stereocenters. The van der Waals surface area contributed by atoms with E-state index >= 15 is 0 Å². The molecule has 5 rings (SSSR count). The summed E-state index contributed by atoms with van der Waals surface area (Å²) in [4.78, 5) is 17.0. The largest absolute Gasteiger partial charge is 0.494 e. The van der Waals surface area contributed by atoms with Crippen molar-refractivity contribution in [2.75, 3.05) is 12.8 Å². The van der Waals surface area contributed by atoms with Crippen LogP contribution in [-0.2, 0) is 0 Å². The van der Waals surface area contributed by atoms with Crippen LogP contribution in [0.2, 0.25) is 0 Å². The topological polar surface area (TPSA) is 82.7 Å². The molecular weight excluding hydrogens is 376 g/mol. The summed E-state index contributed by atoms with van der Waals surface area (Å²) in [7, 11) is 1.63. The van der Waals surface area contributed by atoms with E-state index in [-0.39, 0.29) is 0 Å². The number of benzene rings is 2. The van der Waals surface area contributed by atoms with Crippen LogP contribution in [0.1, 0.15) is 0 Å². The van der Waals surface area contributed by atoms with Gasteiger partial charge in [0.1, 0.15) is 11.3 Å². The molecule has 5 aromatic rings. The Bertz CT molecular complexity index is 1460. The molecule has 0 amide bonds. The summed E-state index contributed by atoms with van der Waals surface area (Å²) in [6.45, 7) is 7.35. The summed E-state index contributed by atoms with van der Waals surface area (Å²) in [5.41, 5.74) is 11.2. The van der Waals surface area contributed by atoms with Crippen molar-refractivity contribution in [2.45, 2.75) is 0 Å². The number of imidazole rings is 1. The van der Waals surface area contributed by atoms with Crippen molar-refractivity contribution in [3.05, 3.63) is 78.5 Å². The third-order valence-electron chi connectivity index (χ3n) is 4.98. The average Bonchev–Trinajstić information content (AvgIpc) is 3.28. The number of hydrogen-bond acceptors (Lipinski definition) is 5. The van der Waals surface area contributed by atoms with Crippen LogP contribution in [-0.4, -0.2) is 26.5 Å². The van der Waals surface area contributed by atoms with Crippen LogP contribution in [0.3, 0.4) is 0 Å². The highest BCUT2D eigenvalue weighted by Crippen LogP contribution is 2.38. The molecule has 0 bridgehead atoms. The van der Waals surface area contributed by atoms with Gasteiger partial charge in [0, 0.05) is 29.5 Å². The molecule has 0 radical (unpaired) electrons. The average molecular weight is 392 g/mol. The number of methoxy groups -OCH3 is 1. The molecule has 0 aliphatic carbocycles. The molecule has 0 spiro atoms. The standard InChI is InChI=1S/C23H16N6O/c1-25-17-7-3-5-15(12-17)20-21(29-10-9-27-23(29)22(24)28-20)16-11-14-6-4-8-26-19(14)18(13-16)30-2/h3-13H,2H3,(H2,24,28). The van der Waals surface area contributed by atoms with E-state index in [1.54, 1.807) is 31.6 Å². The Labute approximate surface area is 172 Å². The SMILES string of the molecule is [C-]#[N+]c1cccc(-c2nc(N)c3nccn3c2-c2cc(OC)c3ncccc3c2)c1. The smallest absolute Gasteiger partial charge is 0.187 e. The van der Waals surface area contributed by atoms with Crippen molar-refractivity contribution in [2.24, 2.45) is 0 Å². The van der Waals surface area contributed by atoms with Crippen LogP contribution in [0.5, 0.6) is 5.75 Å². The summed E-state index contributed by atoms with van der Waals surface area (Å²) < 4.78 is 7.53. The number of nitrogens with two attached hydrogens (primary N) is 1. The fourth-order valence-corrected chi connectivity index (χ4v) is 3.66. The number of hydrogen-bond donors (Lipinski definition) is 1. The first-order valence-electron chi connectivity index (χ1n) is 9.23. The zero-order valence-corrected chi connectivity index (χ0v) is 16.1. The van der Waals surface area contributed by atoms with E-state index in [1.807, 2.05) is 47.0 Å². The van der Waals surface area contributed by atoms with E-state index in [1.165, 1.54) is 0 Å². The molecule has 0 fully saturated rings. The van der Waals surface area contributed by atoms with Crippen molar-refractivity contribution in [1.29, 1.82) is 0 Å². The molecule has 0 saturated heterocycles. The third kappa shape index (κ3) is 2.71. The van der Waals surface area contributed by atoms with Gasteiger partial charge in [0.05, 0.1) is 25.1 Å². The van der Waals surface area contributed by atoms with E-state index in [9.17, 15) is 0 Å². The number of pyridine rings is 1. The molecule has 2 aromatic carbocycles. The molecule has 2 N–H and O–H groups in total. The van der Waals surface area contributed by atoms with Crippen molar-refractivity contribution >= 4 is 28.1 Å². The lowest BCUT2D eigenvalue weighted by Crippen LogP contribution is -2.04. The van der Waals surface area contributed by atoms with E-state index in [0.29, 0.717) is 28.6 Å². The number of ether oxygens (including phenoxy) is 1. The van der Waals surface area contributed by atoms with E-state index in [0.717, 1.165) is 27.7 Å². The zero-order valence-electron chi connectivity index (χ0n) is 16.1. The first-order chi connectivity index (χ1) is 14.7. The van der Waals surface area contributed by atoms with Crippen molar-refractivity contribution in [1.82, 2.24) is 19.4 Å². The normalized spacial score (nSPS) is 10.9. The molecule has 0 saturated carbocycles. The Morgan fingerprint density at radius 3 is 2.77 bits per heavy atom. The lowest BCUT2D eigenvalue weighted by Gasteiger charge is -2.15. The van der Waals surface area contributed by atoms with Gasteiger partial charge in [-0.25, -0.2) is 14.8 Å². The van der Waals surface area contributed by atoms with Gasteiger partial charge in [-0.1, -0.05) is 24.3 Å². The number of nitrogen functional groups attached to an aromatic ring is 1. The minimum atomic E-state index is 0.321. The lowest BCUT2D eigenvalue weighted by atomic mass is 10.0. The second-order valence-corrected chi connectivity index (χ2v) is 6.73. The minimum absolute atomic E-state index is 0.321. The molecule has 0 aliphatic heterocycles. The number of anilines is 1. The molecule has 7 nitrogen and oxygen atoms in total. The fourth-order valence-electron chi connectivity index (χ4n) is 3.66. The molecular formula is C23H16N6O. The van der Waals surface area contributed by atoms with Crippen molar-refractivity contribution in [3.63, 3.8) is 0 Å². The van der Waals surface area contributed by atoms with Gasteiger partial charge < -0.3 is 10.5 Å². The number of fused-ring (bicyclic) bond motifs is 2. The number of rotatable bonds is 3. The Balaban J connectivity index is 1.89. The first-order valence-corrected chi connectivity index (χ1v) is 9.23. The van der Waals surface area contributed by atoms with Gasteiger partial charge in [0.15, 0.2) is 17.2 Å². The molecule has 144 valence electrons. The highest BCUT2D eigenvalue weighted by molar-refractivity contribution is 5.93. The van der Waals surface area contributed by atoms with Gasteiger partial charge in [-0.2, -0.15) is 0 Å². The van der Waals surface area contributed by atoms with Crippen LogP contribution in [0.15, 0.2) is 67.1 Å². The molecule has 0 aliphatic rings. The Morgan fingerprint density at radius 1 is 1.03 bits per heavy atom. The molecule has 3 heterocycles. The third-order valence-corrected chi connectivity index (χ3v) is 4.98.